The molecule has 1 aliphatic heterocycles. The summed E-state index contributed by atoms with van der Waals surface area (Å²) >= 11 is 0. The van der Waals surface area contributed by atoms with Crippen LogP contribution in [-0.2, 0) is 4.79 Å². The SMILES string of the molecule is CC1(C)CCN(C(=O)C2CCCCC2CN)C1. The summed E-state index contributed by atoms with van der Waals surface area (Å²) in [5.41, 5.74) is 6.12. The van der Waals surface area contributed by atoms with Gasteiger partial charge in [0.25, 0.3) is 0 Å². The average Bonchev–Trinajstić information content (AvgIpc) is 2.68. The summed E-state index contributed by atoms with van der Waals surface area (Å²) in [6.45, 7) is 7.05. The monoisotopic (exact) mass is 238 g/mol. The molecule has 0 radical (unpaired) electrons. The van der Waals surface area contributed by atoms with Crippen LogP contribution in [0.1, 0.15) is 46.0 Å². The van der Waals surface area contributed by atoms with Crippen molar-refractivity contribution in [1.29, 1.82) is 0 Å². The van der Waals surface area contributed by atoms with Gasteiger partial charge in [-0.15, -0.1) is 0 Å². The van der Waals surface area contributed by atoms with Crippen LogP contribution in [0.25, 0.3) is 0 Å². The van der Waals surface area contributed by atoms with E-state index >= 15 is 0 Å². The van der Waals surface area contributed by atoms with Crippen molar-refractivity contribution >= 4 is 5.91 Å². The van der Waals surface area contributed by atoms with E-state index in [9.17, 15) is 4.79 Å². The van der Waals surface area contributed by atoms with Gasteiger partial charge in [0, 0.05) is 19.0 Å². The van der Waals surface area contributed by atoms with E-state index in [1.54, 1.807) is 0 Å². The average molecular weight is 238 g/mol. The highest BCUT2D eigenvalue weighted by molar-refractivity contribution is 5.79. The normalized spacial score (nSPS) is 32.8. The van der Waals surface area contributed by atoms with E-state index in [2.05, 4.69) is 18.7 Å². The van der Waals surface area contributed by atoms with Crippen LogP contribution in [0.2, 0.25) is 0 Å². The van der Waals surface area contributed by atoms with Gasteiger partial charge in [0.2, 0.25) is 5.91 Å². The first-order valence-corrected chi connectivity index (χ1v) is 7.02. The van der Waals surface area contributed by atoms with Crippen LogP contribution < -0.4 is 5.73 Å². The summed E-state index contributed by atoms with van der Waals surface area (Å²) < 4.78 is 0. The third-order valence-corrected chi connectivity index (χ3v) is 4.52. The van der Waals surface area contributed by atoms with Gasteiger partial charge in [-0.1, -0.05) is 26.7 Å². The Kier molecular flexibility index (Phi) is 3.76. The Morgan fingerprint density at radius 2 is 2.06 bits per heavy atom. The second-order valence-corrected chi connectivity index (χ2v) is 6.56. The first kappa shape index (κ1) is 12.9. The van der Waals surface area contributed by atoms with Crippen molar-refractivity contribution in [3.8, 4) is 0 Å². The number of hydrogen-bond donors (Lipinski definition) is 1. The molecule has 2 atom stereocenters. The summed E-state index contributed by atoms with van der Waals surface area (Å²) in [6, 6.07) is 0. The Morgan fingerprint density at radius 1 is 1.35 bits per heavy atom. The second-order valence-electron chi connectivity index (χ2n) is 6.56. The third kappa shape index (κ3) is 2.82. The van der Waals surface area contributed by atoms with E-state index in [-0.39, 0.29) is 5.92 Å². The van der Waals surface area contributed by atoms with Gasteiger partial charge in [-0.05, 0) is 37.1 Å². The standard InChI is InChI=1S/C14H26N2O/c1-14(2)7-8-16(10-14)13(17)12-6-4-3-5-11(12)9-15/h11-12H,3-10,15H2,1-2H3. The molecular weight excluding hydrogens is 212 g/mol. The zero-order valence-corrected chi connectivity index (χ0v) is 11.2. The lowest BCUT2D eigenvalue weighted by Crippen LogP contribution is -2.41. The van der Waals surface area contributed by atoms with E-state index in [0.29, 0.717) is 23.8 Å². The molecule has 2 rings (SSSR count). The molecule has 1 aliphatic carbocycles. The Bertz CT molecular complexity index is 288. The molecular formula is C14H26N2O. The minimum atomic E-state index is 0.211. The van der Waals surface area contributed by atoms with Gasteiger partial charge in [-0.3, -0.25) is 4.79 Å². The molecule has 0 bridgehead atoms. The lowest BCUT2D eigenvalue weighted by atomic mass is 9.78. The second kappa shape index (κ2) is 4.97. The highest BCUT2D eigenvalue weighted by Gasteiger charge is 2.38. The molecule has 1 saturated carbocycles. The zero-order valence-electron chi connectivity index (χ0n) is 11.2. The zero-order chi connectivity index (χ0) is 12.5. The Labute approximate surface area is 105 Å². The van der Waals surface area contributed by atoms with Crippen LogP contribution in [0.3, 0.4) is 0 Å². The Morgan fingerprint density at radius 3 is 2.65 bits per heavy atom. The van der Waals surface area contributed by atoms with Gasteiger partial charge >= 0.3 is 0 Å². The van der Waals surface area contributed by atoms with Crippen molar-refractivity contribution in [2.45, 2.75) is 46.0 Å². The van der Waals surface area contributed by atoms with Crippen LogP contribution in [-0.4, -0.2) is 30.4 Å². The van der Waals surface area contributed by atoms with Crippen LogP contribution in [0.15, 0.2) is 0 Å². The van der Waals surface area contributed by atoms with Crippen molar-refractivity contribution in [2.75, 3.05) is 19.6 Å². The van der Waals surface area contributed by atoms with Crippen molar-refractivity contribution in [2.24, 2.45) is 23.0 Å². The fourth-order valence-corrected chi connectivity index (χ4v) is 3.35. The molecule has 0 aromatic carbocycles. The number of likely N-dealkylation sites (tertiary alicyclic amines) is 1. The van der Waals surface area contributed by atoms with Crippen molar-refractivity contribution in [3.05, 3.63) is 0 Å². The third-order valence-electron chi connectivity index (χ3n) is 4.52. The molecule has 2 unspecified atom stereocenters. The Hall–Kier alpha value is -0.570. The van der Waals surface area contributed by atoms with E-state index < -0.39 is 0 Å². The minimum absolute atomic E-state index is 0.211. The smallest absolute Gasteiger partial charge is 0.226 e. The first-order chi connectivity index (χ1) is 8.03. The van der Waals surface area contributed by atoms with Crippen LogP contribution in [0.5, 0.6) is 0 Å². The number of carbonyl (C=O) groups excluding carboxylic acids is 1. The lowest BCUT2D eigenvalue weighted by molar-refractivity contribution is -0.137. The van der Waals surface area contributed by atoms with E-state index in [0.717, 1.165) is 32.4 Å². The molecule has 2 fully saturated rings. The van der Waals surface area contributed by atoms with E-state index in [1.165, 1.54) is 12.8 Å². The molecule has 3 nitrogen and oxygen atoms in total. The van der Waals surface area contributed by atoms with Crippen molar-refractivity contribution < 1.29 is 4.79 Å². The van der Waals surface area contributed by atoms with Gasteiger partial charge in [0.1, 0.15) is 0 Å². The molecule has 2 aliphatic rings. The minimum Gasteiger partial charge on any atom is -0.342 e. The summed E-state index contributed by atoms with van der Waals surface area (Å²) in [6.07, 6.45) is 5.78. The van der Waals surface area contributed by atoms with Gasteiger partial charge in [-0.25, -0.2) is 0 Å². The molecule has 0 aromatic rings. The number of nitrogens with zero attached hydrogens (tertiary/aromatic N) is 1. The van der Waals surface area contributed by atoms with E-state index in [1.807, 2.05) is 0 Å². The molecule has 3 heteroatoms. The number of carbonyl (C=O) groups is 1. The summed E-state index contributed by atoms with van der Waals surface area (Å²) in [4.78, 5) is 14.6. The molecule has 1 heterocycles. The highest BCUT2D eigenvalue weighted by Crippen LogP contribution is 2.35. The van der Waals surface area contributed by atoms with Crippen molar-refractivity contribution in [1.82, 2.24) is 4.90 Å². The van der Waals surface area contributed by atoms with Gasteiger partial charge < -0.3 is 10.6 Å². The first-order valence-electron chi connectivity index (χ1n) is 7.02. The lowest BCUT2D eigenvalue weighted by Gasteiger charge is -2.33. The summed E-state index contributed by atoms with van der Waals surface area (Å²) in [5.74, 6) is 1.02. The number of nitrogens with two attached hydrogens (primary N) is 1. The van der Waals surface area contributed by atoms with E-state index in [4.69, 9.17) is 5.73 Å². The topological polar surface area (TPSA) is 46.3 Å². The molecule has 0 spiro atoms. The van der Waals surface area contributed by atoms with Gasteiger partial charge in [0.15, 0.2) is 0 Å². The molecule has 17 heavy (non-hydrogen) atoms. The summed E-state index contributed by atoms with van der Waals surface area (Å²) in [5, 5.41) is 0. The predicted molar refractivity (Wildman–Crippen MR) is 69.5 cm³/mol. The molecule has 1 amide bonds. The van der Waals surface area contributed by atoms with Gasteiger partial charge in [-0.2, -0.15) is 0 Å². The number of hydrogen-bond acceptors (Lipinski definition) is 2. The molecule has 2 N–H and O–H groups in total. The maximum absolute atomic E-state index is 12.5. The number of rotatable bonds is 2. The largest absolute Gasteiger partial charge is 0.342 e. The molecule has 0 aromatic heterocycles. The molecule has 98 valence electrons. The quantitative estimate of drug-likeness (QED) is 0.800. The van der Waals surface area contributed by atoms with Gasteiger partial charge in [0.05, 0.1) is 0 Å². The predicted octanol–water partition coefficient (Wildman–Crippen LogP) is 2.01. The fourth-order valence-electron chi connectivity index (χ4n) is 3.35. The maximum atomic E-state index is 12.5. The summed E-state index contributed by atoms with van der Waals surface area (Å²) in [7, 11) is 0. The highest BCUT2D eigenvalue weighted by atomic mass is 16.2. The Balaban J connectivity index is 1.99. The van der Waals surface area contributed by atoms with Crippen LogP contribution in [0, 0.1) is 17.3 Å². The van der Waals surface area contributed by atoms with Crippen molar-refractivity contribution in [3.63, 3.8) is 0 Å². The van der Waals surface area contributed by atoms with Crippen LogP contribution >= 0.6 is 0 Å². The van der Waals surface area contributed by atoms with Crippen LogP contribution in [0.4, 0.5) is 0 Å². The molecule has 1 saturated heterocycles. The number of amides is 1. The fraction of sp³-hybridized carbons (Fsp3) is 0.929. The maximum Gasteiger partial charge on any atom is 0.226 e.